The summed E-state index contributed by atoms with van der Waals surface area (Å²) in [5, 5.41) is 3.45. The van der Waals surface area contributed by atoms with Crippen LogP contribution in [0.3, 0.4) is 0 Å². The fraction of sp³-hybridized carbons (Fsp3) is 0.357. The topological polar surface area (TPSA) is 34.2 Å². The first kappa shape index (κ1) is 14.3. The fourth-order valence-electron chi connectivity index (χ4n) is 1.91. The van der Waals surface area contributed by atoms with E-state index in [1.54, 1.807) is 17.5 Å². The van der Waals surface area contributed by atoms with E-state index in [0.29, 0.717) is 6.61 Å². The molecule has 2 aromatic rings. The Labute approximate surface area is 122 Å². The molecule has 0 aromatic carbocycles. The number of rotatable bonds is 6. The second-order valence-corrected chi connectivity index (χ2v) is 5.77. The molecule has 2 rings (SSSR count). The number of ether oxygens (including phenoxy) is 1. The molecule has 0 fully saturated rings. The average molecular weight is 297 g/mol. The molecule has 0 aliphatic rings. The molecule has 5 heteroatoms. The number of thiophene rings is 1. The van der Waals surface area contributed by atoms with Crippen molar-refractivity contribution in [3.8, 4) is 5.75 Å². The van der Waals surface area contributed by atoms with Crippen molar-refractivity contribution in [2.24, 2.45) is 0 Å². The Kier molecular flexibility index (Phi) is 5.19. The Morgan fingerprint density at radius 2 is 2.21 bits per heavy atom. The predicted octanol–water partition coefficient (Wildman–Crippen LogP) is 3.89. The molecule has 0 amide bonds. The van der Waals surface area contributed by atoms with Crippen molar-refractivity contribution in [1.82, 2.24) is 10.3 Å². The van der Waals surface area contributed by atoms with Gasteiger partial charge in [0.1, 0.15) is 5.75 Å². The maximum atomic E-state index is 6.02. The summed E-state index contributed by atoms with van der Waals surface area (Å²) in [4.78, 5) is 5.43. The van der Waals surface area contributed by atoms with Crippen LogP contribution in [0.15, 0.2) is 30.6 Å². The SMILES string of the molecule is CCNC(c1cncc(OCC)c1)c1ccc(Cl)s1. The van der Waals surface area contributed by atoms with E-state index >= 15 is 0 Å². The minimum atomic E-state index is 0.107. The Balaban J connectivity index is 2.30. The zero-order chi connectivity index (χ0) is 13.7. The van der Waals surface area contributed by atoms with E-state index in [-0.39, 0.29) is 6.04 Å². The lowest BCUT2D eigenvalue weighted by Crippen LogP contribution is -2.21. The maximum absolute atomic E-state index is 6.02. The second kappa shape index (κ2) is 6.89. The van der Waals surface area contributed by atoms with E-state index in [1.807, 2.05) is 31.3 Å². The number of nitrogens with zero attached hydrogens (tertiary/aromatic N) is 1. The first-order valence-electron chi connectivity index (χ1n) is 6.31. The van der Waals surface area contributed by atoms with Gasteiger partial charge < -0.3 is 10.1 Å². The Bertz CT molecular complexity index is 530. The van der Waals surface area contributed by atoms with Crippen molar-refractivity contribution in [2.45, 2.75) is 19.9 Å². The summed E-state index contributed by atoms with van der Waals surface area (Å²) in [6.45, 7) is 5.57. The van der Waals surface area contributed by atoms with Crippen molar-refractivity contribution in [2.75, 3.05) is 13.2 Å². The third kappa shape index (κ3) is 3.69. The molecule has 0 saturated carbocycles. The first-order valence-corrected chi connectivity index (χ1v) is 7.50. The van der Waals surface area contributed by atoms with Gasteiger partial charge in [-0.15, -0.1) is 11.3 Å². The highest BCUT2D eigenvalue weighted by Gasteiger charge is 2.16. The lowest BCUT2D eigenvalue weighted by atomic mass is 10.1. The van der Waals surface area contributed by atoms with Crippen LogP contribution in [0.25, 0.3) is 0 Å². The van der Waals surface area contributed by atoms with Gasteiger partial charge in [0, 0.05) is 11.1 Å². The molecular weight excluding hydrogens is 280 g/mol. The predicted molar refractivity (Wildman–Crippen MR) is 80.3 cm³/mol. The molecule has 0 bridgehead atoms. The van der Waals surface area contributed by atoms with Gasteiger partial charge in [0.15, 0.2) is 0 Å². The number of nitrogens with one attached hydrogen (secondary N) is 1. The highest BCUT2D eigenvalue weighted by atomic mass is 35.5. The molecule has 1 N–H and O–H groups in total. The molecule has 2 aromatic heterocycles. The van der Waals surface area contributed by atoms with E-state index < -0.39 is 0 Å². The summed E-state index contributed by atoms with van der Waals surface area (Å²) in [7, 11) is 0. The van der Waals surface area contributed by atoms with Gasteiger partial charge in [-0.25, -0.2) is 0 Å². The maximum Gasteiger partial charge on any atom is 0.137 e. The number of halogens is 1. The average Bonchev–Trinajstić information content (AvgIpc) is 2.83. The normalized spacial score (nSPS) is 12.4. The Morgan fingerprint density at radius 3 is 2.84 bits per heavy atom. The summed E-state index contributed by atoms with van der Waals surface area (Å²) in [6.07, 6.45) is 3.60. The van der Waals surface area contributed by atoms with Crippen LogP contribution < -0.4 is 10.1 Å². The Hall–Kier alpha value is -1.10. The highest BCUT2D eigenvalue weighted by Crippen LogP contribution is 2.31. The summed E-state index contributed by atoms with van der Waals surface area (Å²) < 4.78 is 6.30. The van der Waals surface area contributed by atoms with Gasteiger partial charge in [-0.2, -0.15) is 0 Å². The molecule has 0 spiro atoms. The molecule has 0 aliphatic carbocycles. The third-order valence-electron chi connectivity index (χ3n) is 2.67. The minimum absolute atomic E-state index is 0.107. The van der Waals surface area contributed by atoms with Crippen molar-refractivity contribution in [1.29, 1.82) is 0 Å². The van der Waals surface area contributed by atoms with Crippen LogP contribution in [0.1, 0.15) is 30.3 Å². The fourth-order valence-corrected chi connectivity index (χ4v) is 3.07. The second-order valence-electron chi connectivity index (χ2n) is 4.02. The number of pyridine rings is 1. The van der Waals surface area contributed by atoms with E-state index in [4.69, 9.17) is 16.3 Å². The van der Waals surface area contributed by atoms with Crippen LogP contribution >= 0.6 is 22.9 Å². The van der Waals surface area contributed by atoms with Gasteiger partial charge in [0.25, 0.3) is 0 Å². The molecule has 1 atom stereocenters. The number of hydrogen-bond acceptors (Lipinski definition) is 4. The van der Waals surface area contributed by atoms with Gasteiger partial charge in [-0.1, -0.05) is 18.5 Å². The molecule has 2 heterocycles. The molecule has 19 heavy (non-hydrogen) atoms. The van der Waals surface area contributed by atoms with Crippen molar-refractivity contribution >= 4 is 22.9 Å². The molecule has 0 radical (unpaired) electrons. The molecule has 3 nitrogen and oxygen atoms in total. The van der Waals surface area contributed by atoms with E-state index in [0.717, 1.165) is 22.2 Å². The first-order chi connectivity index (χ1) is 9.24. The quantitative estimate of drug-likeness (QED) is 0.878. The Morgan fingerprint density at radius 1 is 1.37 bits per heavy atom. The monoisotopic (exact) mass is 296 g/mol. The molecule has 0 saturated heterocycles. The lowest BCUT2D eigenvalue weighted by Gasteiger charge is -2.17. The largest absolute Gasteiger partial charge is 0.492 e. The summed E-state index contributed by atoms with van der Waals surface area (Å²) in [5.41, 5.74) is 1.09. The lowest BCUT2D eigenvalue weighted by molar-refractivity contribution is 0.338. The van der Waals surface area contributed by atoms with Crippen LogP contribution in [-0.2, 0) is 0 Å². The third-order valence-corrected chi connectivity index (χ3v) is 3.96. The van der Waals surface area contributed by atoms with Crippen LogP contribution in [-0.4, -0.2) is 18.1 Å². The van der Waals surface area contributed by atoms with Crippen LogP contribution in [0, 0.1) is 0 Å². The van der Waals surface area contributed by atoms with Gasteiger partial charge in [-0.3, -0.25) is 4.98 Å². The van der Waals surface area contributed by atoms with Gasteiger partial charge >= 0.3 is 0 Å². The molecule has 102 valence electrons. The molecule has 1 unspecified atom stereocenters. The van der Waals surface area contributed by atoms with Crippen molar-refractivity contribution in [3.05, 3.63) is 45.4 Å². The van der Waals surface area contributed by atoms with Crippen LogP contribution in [0.4, 0.5) is 0 Å². The van der Waals surface area contributed by atoms with E-state index in [2.05, 4.69) is 17.2 Å². The van der Waals surface area contributed by atoms with Crippen LogP contribution in [0.2, 0.25) is 4.34 Å². The summed E-state index contributed by atoms with van der Waals surface area (Å²) in [6, 6.07) is 6.10. The van der Waals surface area contributed by atoms with E-state index in [1.165, 1.54) is 4.88 Å². The summed E-state index contributed by atoms with van der Waals surface area (Å²) in [5.74, 6) is 0.797. The zero-order valence-corrected chi connectivity index (χ0v) is 12.6. The highest BCUT2D eigenvalue weighted by molar-refractivity contribution is 7.16. The summed E-state index contributed by atoms with van der Waals surface area (Å²) >= 11 is 7.61. The van der Waals surface area contributed by atoms with E-state index in [9.17, 15) is 0 Å². The van der Waals surface area contributed by atoms with Crippen LogP contribution in [0.5, 0.6) is 5.75 Å². The number of hydrogen-bond donors (Lipinski definition) is 1. The van der Waals surface area contributed by atoms with Crippen molar-refractivity contribution < 1.29 is 4.74 Å². The minimum Gasteiger partial charge on any atom is -0.492 e. The van der Waals surface area contributed by atoms with Crippen molar-refractivity contribution in [3.63, 3.8) is 0 Å². The molecule has 0 aliphatic heterocycles. The van der Waals surface area contributed by atoms with Gasteiger partial charge in [-0.05, 0) is 37.2 Å². The standard InChI is InChI=1S/C14H17ClN2OS/c1-3-17-14(12-5-6-13(15)19-12)10-7-11(18-4-2)9-16-8-10/h5-9,14,17H,3-4H2,1-2H3. The number of aromatic nitrogens is 1. The van der Waals surface area contributed by atoms with Gasteiger partial charge in [0.2, 0.25) is 0 Å². The zero-order valence-electron chi connectivity index (χ0n) is 11.0. The smallest absolute Gasteiger partial charge is 0.137 e. The molecular formula is C14H17ClN2OS. The van der Waals surface area contributed by atoms with Gasteiger partial charge in [0.05, 0.1) is 23.2 Å².